The molecule has 33 heavy (non-hydrogen) atoms. The molecule has 1 N–H and O–H groups in total. The summed E-state index contributed by atoms with van der Waals surface area (Å²) in [5, 5.41) is 5.50. The van der Waals surface area contributed by atoms with Crippen LogP contribution in [0, 0.1) is 5.92 Å². The third kappa shape index (κ3) is 4.14. The average molecular weight is 463 g/mol. The molecule has 1 aromatic heterocycles. The number of ether oxygens (including phenoxy) is 1. The summed E-state index contributed by atoms with van der Waals surface area (Å²) < 4.78 is 11.5. The molecule has 6 nitrogen and oxygen atoms in total. The molecule has 168 valence electrons. The van der Waals surface area contributed by atoms with Crippen LogP contribution in [0.3, 0.4) is 0 Å². The lowest BCUT2D eigenvalue weighted by Gasteiger charge is -2.32. The highest BCUT2D eigenvalue weighted by molar-refractivity contribution is 6.30. The summed E-state index contributed by atoms with van der Waals surface area (Å²) in [7, 11) is 1.58. The standard InChI is InChI=1S/C26H23ClN2O4/c1-32-24-13-20-19-6-2-3-7-22(19)33-23(20)14-21(24)28-25(30)17-5-4-12-29(15-17)26(31)16-8-10-18(27)11-9-16/h2-3,6-11,13-14,17H,4-5,12,15H2,1H3,(H,28,30)/t17-/m0/s1. The van der Waals surface area contributed by atoms with Crippen LogP contribution < -0.4 is 10.1 Å². The van der Waals surface area contributed by atoms with E-state index in [9.17, 15) is 9.59 Å². The Bertz CT molecular complexity index is 1350. The number of fused-ring (bicyclic) bond motifs is 3. The van der Waals surface area contributed by atoms with Crippen molar-refractivity contribution in [2.75, 3.05) is 25.5 Å². The summed E-state index contributed by atoms with van der Waals surface area (Å²) in [5.41, 5.74) is 2.57. The van der Waals surface area contributed by atoms with Crippen molar-refractivity contribution in [2.24, 2.45) is 5.92 Å². The fourth-order valence-electron chi connectivity index (χ4n) is 4.40. The van der Waals surface area contributed by atoms with Gasteiger partial charge in [-0.2, -0.15) is 0 Å². The lowest BCUT2D eigenvalue weighted by molar-refractivity contribution is -0.121. The molecule has 0 spiro atoms. The number of nitrogens with zero attached hydrogens (tertiary/aromatic N) is 1. The molecular weight excluding hydrogens is 440 g/mol. The highest BCUT2D eigenvalue weighted by atomic mass is 35.5. The SMILES string of the molecule is COc1cc2c(cc1NC(=O)[C@H]1CCCN(C(=O)c3ccc(Cl)cc3)C1)oc1ccccc12. The van der Waals surface area contributed by atoms with Gasteiger partial charge >= 0.3 is 0 Å². The minimum Gasteiger partial charge on any atom is -0.495 e. The van der Waals surface area contributed by atoms with Crippen molar-refractivity contribution in [1.29, 1.82) is 0 Å². The number of methoxy groups -OCH3 is 1. The van der Waals surface area contributed by atoms with Gasteiger partial charge in [0.1, 0.15) is 16.9 Å². The molecule has 1 aliphatic rings. The van der Waals surface area contributed by atoms with Crippen LogP contribution in [0.25, 0.3) is 21.9 Å². The van der Waals surface area contributed by atoms with Crippen LogP contribution in [0.2, 0.25) is 5.02 Å². The number of halogens is 1. The van der Waals surface area contributed by atoms with E-state index in [4.69, 9.17) is 20.8 Å². The Morgan fingerprint density at radius 3 is 2.64 bits per heavy atom. The van der Waals surface area contributed by atoms with E-state index in [1.54, 1.807) is 42.3 Å². The Balaban J connectivity index is 1.35. The summed E-state index contributed by atoms with van der Waals surface area (Å²) in [6.07, 6.45) is 1.47. The summed E-state index contributed by atoms with van der Waals surface area (Å²) in [6.45, 7) is 0.988. The predicted molar refractivity (Wildman–Crippen MR) is 129 cm³/mol. The molecular formula is C26H23ClN2O4. The first-order valence-electron chi connectivity index (χ1n) is 10.9. The number of benzene rings is 3. The molecule has 1 atom stereocenters. The van der Waals surface area contributed by atoms with Crippen LogP contribution >= 0.6 is 11.6 Å². The monoisotopic (exact) mass is 462 g/mol. The topological polar surface area (TPSA) is 71.8 Å². The van der Waals surface area contributed by atoms with Gasteiger partial charge in [-0.25, -0.2) is 0 Å². The van der Waals surface area contributed by atoms with Crippen molar-refractivity contribution >= 4 is 51.0 Å². The van der Waals surface area contributed by atoms with E-state index in [0.717, 1.165) is 22.8 Å². The Labute approximate surface area is 196 Å². The van der Waals surface area contributed by atoms with E-state index in [1.165, 1.54) is 0 Å². The van der Waals surface area contributed by atoms with Gasteiger partial charge in [-0.15, -0.1) is 0 Å². The van der Waals surface area contributed by atoms with Crippen molar-refractivity contribution in [3.05, 3.63) is 71.2 Å². The summed E-state index contributed by atoms with van der Waals surface area (Å²) in [4.78, 5) is 27.8. The van der Waals surface area contributed by atoms with Crippen LogP contribution in [0.5, 0.6) is 5.75 Å². The van der Waals surface area contributed by atoms with Crippen molar-refractivity contribution in [3.63, 3.8) is 0 Å². The molecule has 0 radical (unpaired) electrons. The number of anilines is 1. The molecule has 1 fully saturated rings. The van der Waals surface area contributed by atoms with Gasteiger partial charge in [0.05, 0.1) is 18.7 Å². The van der Waals surface area contributed by atoms with Gasteiger partial charge in [-0.05, 0) is 49.2 Å². The van der Waals surface area contributed by atoms with Gasteiger partial charge in [0.25, 0.3) is 5.91 Å². The minimum absolute atomic E-state index is 0.0922. The molecule has 1 saturated heterocycles. The van der Waals surface area contributed by atoms with Crippen molar-refractivity contribution in [2.45, 2.75) is 12.8 Å². The Morgan fingerprint density at radius 1 is 1.06 bits per heavy atom. The van der Waals surface area contributed by atoms with Crippen LogP contribution in [0.4, 0.5) is 5.69 Å². The normalized spacial score (nSPS) is 16.2. The molecule has 5 rings (SSSR count). The van der Waals surface area contributed by atoms with Crippen molar-refractivity contribution in [1.82, 2.24) is 4.90 Å². The second kappa shape index (κ2) is 8.79. The van der Waals surface area contributed by atoms with E-state index >= 15 is 0 Å². The number of nitrogens with one attached hydrogen (secondary N) is 1. The smallest absolute Gasteiger partial charge is 0.253 e. The summed E-state index contributed by atoms with van der Waals surface area (Å²) in [6, 6.07) is 18.3. The quantitative estimate of drug-likeness (QED) is 0.420. The average Bonchev–Trinajstić information content (AvgIpc) is 3.21. The molecule has 2 heterocycles. The molecule has 0 bridgehead atoms. The zero-order valence-corrected chi connectivity index (χ0v) is 18.9. The molecule has 1 aliphatic heterocycles. The summed E-state index contributed by atoms with van der Waals surface area (Å²) in [5.74, 6) is 0.0150. The first kappa shape index (κ1) is 21.3. The van der Waals surface area contributed by atoms with E-state index in [0.29, 0.717) is 47.1 Å². The molecule has 3 aromatic carbocycles. The number of piperidine rings is 1. The second-order valence-corrected chi connectivity index (χ2v) is 8.67. The maximum absolute atomic E-state index is 13.1. The number of para-hydroxylation sites is 1. The predicted octanol–water partition coefficient (Wildman–Crippen LogP) is 5.74. The zero-order chi connectivity index (χ0) is 22.9. The number of amides is 2. The molecule has 7 heteroatoms. The van der Waals surface area contributed by atoms with E-state index in [1.807, 2.05) is 30.3 Å². The number of carbonyl (C=O) groups excluding carboxylic acids is 2. The first-order valence-corrected chi connectivity index (χ1v) is 11.3. The molecule has 4 aromatic rings. The summed E-state index contributed by atoms with van der Waals surface area (Å²) >= 11 is 5.93. The fourth-order valence-corrected chi connectivity index (χ4v) is 4.53. The third-order valence-electron chi connectivity index (χ3n) is 6.13. The van der Waals surface area contributed by atoms with Gasteiger partial charge in [-0.3, -0.25) is 9.59 Å². The number of hydrogen-bond donors (Lipinski definition) is 1. The maximum atomic E-state index is 13.1. The van der Waals surface area contributed by atoms with Crippen LogP contribution in [-0.4, -0.2) is 36.9 Å². The number of hydrogen-bond acceptors (Lipinski definition) is 4. The van der Waals surface area contributed by atoms with Gasteiger partial charge in [0.15, 0.2) is 0 Å². The number of likely N-dealkylation sites (tertiary alicyclic amines) is 1. The number of furan rings is 1. The molecule has 0 unspecified atom stereocenters. The van der Waals surface area contributed by atoms with E-state index < -0.39 is 0 Å². The Hall–Kier alpha value is -3.51. The molecule has 0 aliphatic carbocycles. The Kier molecular flexibility index (Phi) is 5.68. The minimum atomic E-state index is -0.314. The highest BCUT2D eigenvalue weighted by Gasteiger charge is 2.29. The fraction of sp³-hybridized carbons (Fsp3) is 0.231. The zero-order valence-electron chi connectivity index (χ0n) is 18.1. The largest absolute Gasteiger partial charge is 0.495 e. The van der Waals surface area contributed by atoms with Gasteiger partial charge in [-0.1, -0.05) is 29.8 Å². The van der Waals surface area contributed by atoms with E-state index in [-0.39, 0.29) is 17.7 Å². The Morgan fingerprint density at radius 2 is 1.85 bits per heavy atom. The van der Waals surface area contributed by atoms with Crippen LogP contribution in [0.15, 0.2) is 65.1 Å². The van der Waals surface area contributed by atoms with Crippen molar-refractivity contribution in [3.8, 4) is 5.75 Å². The van der Waals surface area contributed by atoms with Gasteiger partial charge in [0.2, 0.25) is 5.91 Å². The van der Waals surface area contributed by atoms with Crippen LogP contribution in [0.1, 0.15) is 23.2 Å². The number of carbonyl (C=O) groups is 2. The lowest BCUT2D eigenvalue weighted by Crippen LogP contribution is -2.43. The van der Waals surface area contributed by atoms with E-state index in [2.05, 4.69) is 5.32 Å². The number of rotatable bonds is 4. The third-order valence-corrected chi connectivity index (χ3v) is 6.38. The van der Waals surface area contributed by atoms with Gasteiger partial charge in [0, 0.05) is 40.5 Å². The molecule has 0 saturated carbocycles. The maximum Gasteiger partial charge on any atom is 0.253 e. The molecule has 2 amide bonds. The highest BCUT2D eigenvalue weighted by Crippen LogP contribution is 2.36. The second-order valence-electron chi connectivity index (χ2n) is 8.23. The van der Waals surface area contributed by atoms with Crippen molar-refractivity contribution < 1.29 is 18.7 Å². The lowest BCUT2D eigenvalue weighted by atomic mass is 9.96. The van der Waals surface area contributed by atoms with Crippen LogP contribution in [-0.2, 0) is 4.79 Å². The van der Waals surface area contributed by atoms with Gasteiger partial charge < -0.3 is 19.4 Å². The first-order chi connectivity index (χ1) is 16.0.